The summed E-state index contributed by atoms with van der Waals surface area (Å²) in [5.41, 5.74) is 5.20. The van der Waals surface area contributed by atoms with Gasteiger partial charge in [-0.25, -0.2) is 5.43 Å². The van der Waals surface area contributed by atoms with Crippen LogP contribution < -0.4 is 14.9 Å². The van der Waals surface area contributed by atoms with Gasteiger partial charge >= 0.3 is 0 Å². The number of aromatic nitrogens is 1. The molecule has 0 aliphatic heterocycles. The number of carbonyl (C=O) groups excluding carboxylic acids is 1. The molecule has 32 heavy (non-hydrogen) atoms. The van der Waals surface area contributed by atoms with Crippen LogP contribution in [0.5, 0.6) is 11.5 Å². The molecule has 6 heteroatoms. The maximum absolute atomic E-state index is 11.9. The van der Waals surface area contributed by atoms with E-state index < -0.39 is 0 Å². The van der Waals surface area contributed by atoms with Crippen molar-refractivity contribution in [2.24, 2.45) is 5.10 Å². The van der Waals surface area contributed by atoms with Gasteiger partial charge in [0.25, 0.3) is 5.91 Å². The van der Waals surface area contributed by atoms with E-state index in [9.17, 15) is 4.79 Å². The minimum absolute atomic E-state index is 0.280. The minimum Gasteiger partial charge on any atom is -0.493 e. The number of rotatable bonds is 11. The van der Waals surface area contributed by atoms with Crippen LogP contribution in [0, 0.1) is 0 Å². The molecule has 0 aliphatic rings. The second-order valence-corrected chi connectivity index (χ2v) is 7.43. The SMILES string of the molecule is CCC(C)c1ccc(OCCCOc2ccc(/C=N/NC(=O)c3ccncc3)cc2)cc1. The quantitative estimate of drug-likeness (QED) is 0.257. The third kappa shape index (κ3) is 7.23. The third-order valence-corrected chi connectivity index (χ3v) is 5.09. The molecule has 3 aromatic rings. The lowest BCUT2D eigenvalue weighted by Crippen LogP contribution is -2.17. The minimum atomic E-state index is -0.280. The highest BCUT2D eigenvalue weighted by molar-refractivity contribution is 5.94. The fourth-order valence-corrected chi connectivity index (χ4v) is 2.95. The maximum Gasteiger partial charge on any atom is 0.271 e. The Morgan fingerprint density at radius 3 is 2.16 bits per heavy atom. The first-order chi connectivity index (χ1) is 15.7. The Kier molecular flexibility index (Phi) is 8.80. The molecular weight excluding hydrogens is 402 g/mol. The van der Waals surface area contributed by atoms with Gasteiger partial charge in [-0.15, -0.1) is 0 Å². The third-order valence-electron chi connectivity index (χ3n) is 5.09. The summed E-state index contributed by atoms with van der Waals surface area (Å²) in [7, 11) is 0. The molecule has 166 valence electrons. The molecule has 0 spiro atoms. The Bertz CT molecular complexity index is 987. The van der Waals surface area contributed by atoms with E-state index in [1.54, 1.807) is 30.7 Å². The molecule has 1 heterocycles. The Morgan fingerprint density at radius 2 is 1.56 bits per heavy atom. The lowest BCUT2D eigenvalue weighted by molar-refractivity contribution is 0.0955. The van der Waals surface area contributed by atoms with Crippen molar-refractivity contribution in [3.63, 3.8) is 0 Å². The first-order valence-corrected chi connectivity index (χ1v) is 10.8. The maximum atomic E-state index is 11.9. The average molecular weight is 432 g/mol. The number of benzene rings is 2. The number of pyridine rings is 1. The topological polar surface area (TPSA) is 72.8 Å². The molecule has 1 N–H and O–H groups in total. The van der Waals surface area contributed by atoms with Gasteiger partial charge < -0.3 is 9.47 Å². The summed E-state index contributed by atoms with van der Waals surface area (Å²) < 4.78 is 11.6. The molecular formula is C26H29N3O3. The Labute approximate surface area is 189 Å². The predicted octanol–water partition coefficient (Wildman–Crippen LogP) is 5.21. The van der Waals surface area contributed by atoms with Gasteiger partial charge in [0.2, 0.25) is 0 Å². The van der Waals surface area contributed by atoms with Crippen molar-refractivity contribution in [2.75, 3.05) is 13.2 Å². The molecule has 2 aromatic carbocycles. The van der Waals surface area contributed by atoms with Crippen molar-refractivity contribution in [3.8, 4) is 11.5 Å². The predicted molar refractivity (Wildman–Crippen MR) is 126 cm³/mol. The van der Waals surface area contributed by atoms with Crippen LogP contribution in [0.2, 0.25) is 0 Å². The number of hydrogen-bond donors (Lipinski definition) is 1. The van der Waals surface area contributed by atoms with Crippen LogP contribution in [-0.2, 0) is 0 Å². The van der Waals surface area contributed by atoms with Gasteiger partial charge in [-0.3, -0.25) is 9.78 Å². The van der Waals surface area contributed by atoms with Crippen LogP contribution >= 0.6 is 0 Å². The standard InChI is InChI=1S/C26H29N3O3/c1-3-20(2)22-7-11-25(12-8-22)32-18-4-17-31-24-9-5-21(6-10-24)19-28-29-26(30)23-13-15-27-16-14-23/h5-16,19-20H,3-4,17-18H2,1-2H3,(H,29,30)/b28-19+. The molecule has 1 amide bonds. The van der Waals surface area contributed by atoms with Crippen molar-refractivity contribution in [3.05, 3.63) is 89.7 Å². The fourth-order valence-electron chi connectivity index (χ4n) is 2.95. The largest absolute Gasteiger partial charge is 0.493 e. The van der Waals surface area contributed by atoms with E-state index >= 15 is 0 Å². The Morgan fingerprint density at radius 1 is 0.969 bits per heavy atom. The molecule has 0 bridgehead atoms. The number of hydrogen-bond acceptors (Lipinski definition) is 5. The van der Waals surface area contributed by atoms with Crippen molar-refractivity contribution in [1.82, 2.24) is 10.4 Å². The van der Waals surface area contributed by atoms with Crippen LogP contribution in [-0.4, -0.2) is 30.3 Å². The summed E-state index contributed by atoms with van der Waals surface area (Å²) in [6, 6.07) is 19.1. The second-order valence-electron chi connectivity index (χ2n) is 7.43. The lowest BCUT2D eigenvalue weighted by Gasteiger charge is -2.11. The van der Waals surface area contributed by atoms with E-state index in [4.69, 9.17) is 9.47 Å². The van der Waals surface area contributed by atoms with E-state index in [1.165, 1.54) is 5.56 Å². The molecule has 3 rings (SSSR count). The molecule has 1 atom stereocenters. The fraction of sp³-hybridized carbons (Fsp3) is 0.269. The summed E-state index contributed by atoms with van der Waals surface area (Å²) in [5.74, 6) is 1.95. The Balaban J connectivity index is 1.34. The van der Waals surface area contributed by atoms with E-state index in [0.717, 1.165) is 29.9 Å². The normalized spacial score (nSPS) is 11.8. The highest BCUT2D eigenvalue weighted by Crippen LogP contribution is 2.21. The van der Waals surface area contributed by atoms with Crippen molar-refractivity contribution < 1.29 is 14.3 Å². The zero-order chi connectivity index (χ0) is 22.6. The molecule has 1 unspecified atom stereocenters. The molecule has 0 aliphatic carbocycles. The van der Waals surface area contributed by atoms with Gasteiger partial charge in [0.15, 0.2) is 0 Å². The van der Waals surface area contributed by atoms with E-state index in [2.05, 4.69) is 41.5 Å². The zero-order valence-electron chi connectivity index (χ0n) is 18.5. The second kappa shape index (κ2) is 12.2. The summed E-state index contributed by atoms with van der Waals surface area (Å²) in [4.78, 5) is 15.8. The van der Waals surface area contributed by atoms with Crippen LogP contribution in [0.15, 0.2) is 78.2 Å². The number of ether oxygens (including phenoxy) is 2. The van der Waals surface area contributed by atoms with Crippen LogP contribution in [0.1, 0.15) is 54.1 Å². The van der Waals surface area contributed by atoms with Crippen LogP contribution in [0.4, 0.5) is 0 Å². The first-order valence-electron chi connectivity index (χ1n) is 10.8. The van der Waals surface area contributed by atoms with E-state index in [-0.39, 0.29) is 5.91 Å². The monoisotopic (exact) mass is 431 g/mol. The van der Waals surface area contributed by atoms with Crippen LogP contribution in [0.25, 0.3) is 0 Å². The first kappa shape index (κ1) is 23.0. The summed E-state index contributed by atoms with van der Waals surface area (Å²) >= 11 is 0. The van der Waals surface area contributed by atoms with E-state index in [0.29, 0.717) is 24.7 Å². The summed E-state index contributed by atoms with van der Waals surface area (Å²) in [5, 5.41) is 3.98. The van der Waals surface area contributed by atoms with Gasteiger partial charge in [-0.2, -0.15) is 5.10 Å². The number of hydrazone groups is 1. The summed E-state index contributed by atoms with van der Waals surface area (Å²) in [6.07, 6.45) is 6.64. The molecule has 6 nitrogen and oxygen atoms in total. The molecule has 0 saturated heterocycles. The van der Waals surface area contributed by atoms with E-state index in [1.807, 2.05) is 36.4 Å². The van der Waals surface area contributed by atoms with Gasteiger partial charge in [0.05, 0.1) is 19.4 Å². The van der Waals surface area contributed by atoms with Crippen molar-refractivity contribution >= 4 is 12.1 Å². The van der Waals surface area contributed by atoms with Gasteiger partial charge in [0, 0.05) is 24.4 Å². The highest BCUT2D eigenvalue weighted by atomic mass is 16.5. The Hall–Kier alpha value is -3.67. The molecule has 1 aromatic heterocycles. The van der Waals surface area contributed by atoms with Gasteiger partial charge in [0.1, 0.15) is 11.5 Å². The molecule has 0 saturated carbocycles. The lowest BCUT2D eigenvalue weighted by atomic mass is 9.99. The van der Waals surface area contributed by atoms with Gasteiger partial charge in [-0.05, 0) is 72.0 Å². The molecule has 0 fully saturated rings. The summed E-state index contributed by atoms with van der Waals surface area (Å²) in [6.45, 7) is 5.60. The highest BCUT2D eigenvalue weighted by Gasteiger charge is 2.03. The van der Waals surface area contributed by atoms with Crippen LogP contribution in [0.3, 0.4) is 0 Å². The average Bonchev–Trinajstić information content (AvgIpc) is 2.85. The number of nitrogens with one attached hydrogen (secondary N) is 1. The van der Waals surface area contributed by atoms with Crippen molar-refractivity contribution in [1.29, 1.82) is 0 Å². The number of carbonyl (C=O) groups is 1. The smallest absolute Gasteiger partial charge is 0.271 e. The van der Waals surface area contributed by atoms with Crippen molar-refractivity contribution in [2.45, 2.75) is 32.6 Å². The molecule has 0 radical (unpaired) electrons. The number of nitrogens with zero attached hydrogens (tertiary/aromatic N) is 2. The number of amides is 1. The van der Waals surface area contributed by atoms with Gasteiger partial charge in [-0.1, -0.05) is 26.0 Å². The zero-order valence-corrected chi connectivity index (χ0v) is 18.5.